The number of hydrogen-bond acceptors (Lipinski definition) is 2. The van der Waals surface area contributed by atoms with Crippen LogP contribution in [0.25, 0.3) is 5.69 Å². The van der Waals surface area contributed by atoms with Crippen molar-refractivity contribution in [3.8, 4) is 5.69 Å². The molecule has 1 saturated carbocycles. The summed E-state index contributed by atoms with van der Waals surface area (Å²) in [6.45, 7) is 5.36. The number of aromatic nitrogens is 2. The van der Waals surface area contributed by atoms with Crippen molar-refractivity contribution >= 4 is 21.7 Å². The summed E-state index contributed by atoms with van der Waals surface area (Å²) in [6.07, 6.45) is 2.60. The average molecular weight is 334 g/mol. The lowest BCUT2D eigenvalue weighted by Crippen LogP contribution is -2.28. The van der Waals surface area contributed by atoms with E-state index in [1.807, 2.05) is 6.07 Å². The number of anilines is 1. The average Bonchev–Trinajstić information content (AvgIpc) is 3.25. The second-order valence-electron chi connectivity index (χ2n) is 5.29. The molecule has 0 bridgehead atoms. The van der Waals surface area contributed by atoms with Crippen LogP contribution in [0.2, 0.25) is 0 Å². The van der Waals surface area contributed by atoms with Gasteiger partial charge in [0.2, 0.25) is 0 Å². The van der Waals surface area contributed by atoms with E-state index in [4.69, 9.17) is 5.10 Å². The van der Waals surface area contributed by atoms with Crippen LogP contribution in [-0.2, 0) is 5.33 Å². The fraction of sp³-hybridized carbons (Fsp3) is 0.438. The minimum Gasteiger partial charge on any atom is -0.354 e. The van der Waals surface area contributed by atoms with Crippen molar-refractivity contribution in [1.82, 2.24) is 9.78 Å². The summed E-state index contributed by atoms with van der Waals surface area (Å²) in [4.78, 5) is 2.50. The monoisotopic (exact) mass is 333 g/mol. The minimum atomic E-state index is 0.691. The lowest BCUT2D eigenvalue weighted by molar-refractivity contribution is 0.756. The molecular formula is C16H20BrN3. The number of hydrogen-bond donors (Lipinski definition) is 0. The Morgan fingerprint density at radius 2 is 2.00 bits per heavy atom. The van der Waals surface area contributed by atoms with Crippen LogP contribution in [0.3, 0.4) is 0 Å². The predicted octanol–water partition coefficient (Wildman–Crippen LogP) is 4.06. The van der Waals surface area contributed by atoms with Gasteiger partial charge in [0.25, 0.3) is 0 Å². The summed E-state index contributed by atoms with van der Waals surface area (Å²) >= 11 is 3.63. The van der Waals surface area contributed by atoms with E-state index in [-0.39, 0.29) is 0 Å². The third kappa shape index (κ3) is 2.37. The number of halogens is 1. The maximum Gasteiger partial charge on any atom is 0.136 e. The molecule has 1 aromatic heterocycles. The Labute approximate surface area is 128 Å². The molecule has 4 heteroatoms. The van der Waals surface area contributed by atoms with Gasteiger partial charge in [-0.1, -0.05) is 34.1 Å². The van der Waals surface area contributed by atoms with Gasteiger partial charge in [-0.25, -0.2) is 4.68 Å². The molecule has 0 atom stereocenters. The summed E-state index contributed by atoms with van der Waals surface area (Å²) in [5.74, 6) is 1.26. The summed E-state index contributed by atoms with van der Waals surface area (Å²) < 4.78 is 2.10. The number of para-hydroxylation sites is 1. The van der Waals surface area contributed by atoms with Crippen molar-refractivity contribution in [3.63, 3.8) is 0 Å². The highest BCUT2D eigenvalue weighted by molar-refractivity contribution is 9.08. The molecule has 1 aromatic carbocycles. The molecule has 0 radical (unpaired) electrons. The van der Waals surface area contributed by atoms with Gasteiger partial charge < -0.3 is 4.90 Å². The molecule has 0 N–H and O–H groups in total. The highest BCUT2D eigenvalue weighted by Gasteiger charge is 2.32. The molecule has 106 valence electrons. The molecule has 1 fully saturated rings. The molecule has 3 nitrogen and oxygen atoms in total. The zero-order chi connectivity index (χ0) is 14.1. The van der Waals surface area contributed by atoms with E-state index < -0.39 is 0 Å². The first-order valence-electron chi connectivity index (χ1n) is 7.22. The number of benzene rings is 1. The first-order chi connectivity index (χ1) is 9.76. The van der Waals surface area contributed by atoms with Crippen molar-refractivity contribution in [3.05, 3.63) is 41.6 Å². The molecule has 0 saturated heterocycles. The molecule has 2 aromatic rings. The summed E-state index contributed by atoms with van der Waals surface area (Å²) in [6, 6.07) is 11.1. The van der Waals surface area contributed by atoms with Crippen molar-refractivity contribution < 1.29 is 0 Å². The maximum absolute atomic E-state index is 4.78. The van der Waals surface area contributed by atoms with Gasteiger partial charge in [-0.05, 0) is 38.8 Å². The van der Waals surface area contributed by atoms with Crippen LogP contribution in [0.4, 0.5) is 5.82 Å². The Morgan fingerprint density at radius 3 is 2.55 bits per heavy atom. The van der Waals surface area contributed by atoms with Crippen LogP contribution in [0.15, 0.2) is 30.3 Å². The first kappa shape index (κ1) is 13.7. The summed E-state index contributed by atoms with van der Waals surface area (Å²) in [5.41, 5.74) is 3.55. The van der Waals surface area contributed by atoms with Gasteiger partial charge in [-0.15, -0.1) is 0 Å². The second-order valence-corrected chi connectivity index (χ2v) is 5.85. The molecule has 1 aliphatic rings. The Morgan fingerprint density at radius 1 is 1.30 bits per heavy atom. The van der Waals surface area contributed by atoms with Gasteiger partial charge >= 0.3 is 0 Å². The van der Waals surface area contributed by atoms with Gasteiger partial charge in [0.1, 0.15) is 5.82 Å². The Bertz CT molecular complexity index is 587. The molecule has 3 rings (SSSR count). The van der Waals surface area contributed by atoms with Gasteiger partial charge in [-0.2, -0.15) is 5.10 Å². The smallest absolute Gasteiger partial charge is 0.136 e. The van der Waals surface area contributed by atoms with Crippen LogP contribution in [0.5, 0.6) is 0 Å². The molecule has 0 spiro atoms. The molecule has 1 aliphatic carbocycles. The Kier molecular flexibility index (Phi) is 3.83. The quantitative estimate of drug-likeness (QED) is 0.769. The molecular weight excluding hydrogens is 314 g/mol. The van der Waals surface area contributed by atoms with Crippen LogP contribution < -0.4 is 4.90 Å². The number of alkyl halides is 1. The number of aryl methyl sites for hydroxylation is 1. The molecule has 20 heavy (non-hydrogen) atoms. The van der Waals surface area contributed by atoms with Crippen molar-refractivity contribution in [1.29, 1.82) is 0 Å². The SMILES string of the molecule is CCN(c1c(CBr)c(C)nn1-c1ccccc1)C1CC1. The highest BCUT2D eigenvalue weighted by Crippen LogP contribution is 2.36. The largest absolute Gasteiger partial charge is 0.354 e. The zero-order valence-electron chi connectivity index (χ0n) is 12.0. The van der Waals surface area contributed by atoms with E-state index in [1.165, 1.54) is 24.2 Å². The Hall–Kier alpha value is -1.29. The van der Waals surface area contributed by atoms with Gasteiger partial charge in [0.05, 0.1) is 11.4 Å². The number of rotatable bonds is 5. The third-order valence-corrected chi connectivity index (χ3v) is 4.45. The maximum atomic E-state index is 4.78. The lowest BCUT2D eigenvalue weighted by Gasteiger charge is -2.25. The predicted molar refractivity (Wildman–Crippen MR) is 87.0 cm³/mol. The fourth-order valence-corrected chi connectivity index (χ4v) is 3.37. The third-order valence-electron chi connectivity index (χ3n) is 3.89. The van der Waals surface area contributed by atoms with E-state index in [9.17, 15) is 0 Å². The van der Waals surface area contributed by atoms with Crippen molar-refractivity contribution in [2.24, 2.45) is 0 Å². The highest BCUT2D eigenvalue weighted by atomic mass is 79.9. The molecule has 0 unspecified atom stereocenters. The minimum absolute atomic E-state index is 0.691. The van der Waals surface area contributed by atoms with Gasteiger partial charge in [0, 0.05) is 23.5 Å². The summed E-state index contributed by atoms with van der Waals surface area (Å²) in [7, 11) is 0. The standard InChI is InChI=1S/C16H20BrN3/c1-3-19(13-9-10-13)16-15(11-17)12(2)18-20(16)14-7-5-4-6-8-14/h4-8,13H,3,9-11H2,1-2H3. The van der Waals surface area contributed by atoms with E-state index in [0.717, 1.165) is 23.3 Å². The van der Waals surface area contributed by atoms with Crippen LogP contribution in [-0.4, -0.2) is 22.4 Å². The first-order valence-corrected chi connectivity index (χ1v) is 8.35. The molecule has 0 aliphatic heterocycles. The van der Waals surface area contributed by atoms with Crippen LogP contribution in [0, 0.1) is 6.92 Å². The second kappa shape index (κ2) is 5.60. The summed E-state index contributed by atoms with van der Waals surface area (Å²) in [5, 5.41) is 5.63. The van der Waals surface area contributed by atoms with Crippen molar-refractivity contribution in [2.45, 2.75) is 38.1 Å². The fourth-order valence-electron chi connectivity index (χ4n) is 2.72. The Balaban J connectivity index is 2.14. The van der Waals surface area contributed by atoms with Crippen LogP contribution in [0.1, 0.15) is 31.0 Å². The molecule has 0 amide bonds. The molecule has 1 heterocycles. The van der Waals surface area contributed by atoms with E-state index >= 15 is 0 Å². The van der Waals surface area contributed by atoms with Gasteiger partial charge in [-0.3, -0.25) is 0 Å². The van der Waals surface area contributed by atoms with Gasteiger partial charge in [0.15, 0.2) is 0 Å². The topological polar surface area (TPSA) is 21.1 Å². The lowest BCUT2D eigenvalue weighted by atomic mass is 10.2. The van der Waals surface area contributed by atoms with E-state index in [2.05, 4.69) is 63.6 Å². The van der Waals surface area contributed by atoms with Crippen LogP contribution >= 0.6 is 15.9 Å². The van der Waals surface area contributed by atoms with E-state index in [0.29, 0.717) is 6.04 Å². The van der Waals surface area contributed by atoms with E-state index in [1.54, 1.807) is 0 Å². The normalized spacial score (nSPS) is 14.6. The zero-order valence-corrected chi connectivity index (χ0v) is 13.6. The number of nitrogens with zero attached hydrogens (tertiary/aromatic N) is 3. The van der Waals surface area contributed by atoms with Crippen molar-refractivity contribution in [2.75, 3.05) is 11.4 Å².